The molecule has 19 heavy (non-hydrogen) atoms. The number of likely N-dealkylation sites (tertiary alicyclic amines) is 1. The van der Waals surface area contributed by atoms with Gasteiger partial charge in [-0.2, -0.15) is 0 Å². The van der Waals surface area contributed by atoms with E-state index in [4.69, 9.17) is 0 Å². The maximum Gasteiger partial charge on any atom is 0.0328 e. The van der Waals surface area contributed by atoms with Crippen molar-refractivity contribution < 1.29 is 0 Å². The van der Waals surface area contributed by atoms with E-state index < -0.39 is 0 Å². The van der Waals surface area contributed by atoms with Gasteiger partial charge in [-0.1, -0.05) is 13.3 Å². The first-order valence-corrected chi connectivity index (χ1v) is 8.68. The Balaban J connectivity index is 1.48. The lowest BCUT2D eigenvalue weighted by Crippen LogP contribution is -2.34. The van der Waals surface area contributed by atoms with Gasteiger partial charge >= 0.3 is 0 Å². The Kier molecular flexibility index (Phi) is 4.57. The fourth-order valence-electron chi connectivity index (χ4n) is 2.98. The first-order valence-electron chi connectivity index (χ1n) is 7.87. The number of thiophene rings is 1. The number of piperidine rings is 1. The van der Waals surface area contributed by atoms with Crippen molar-refractivity contribution in [3.05, 3.63) is 21.9 Å². The summed E-state index contributed by atoms with van der Waals surface area (Å²) in [7, 11) is 0. The summed E-state index contributed by atoms with van der Waals surface area (Å²) in [5.41, 5.74) is 0. The molecule has 1 aromatic heterocycles. The van der Waals surface area contributed by atoms with Gasteiger partial charge in [0.1, 0.15) is 0 Å². The van der Waals surface area contributed by atoms with Crippen molar-refractivity contribution in [2.75, 3.05) is 13.1 Å². The van der Waals surface area contributed by atoms with E-state index in [2.05, 4.69) is 29.3 Å². The predicted molar refractivity (Wildman–Crippen MR) is 82.5 cm³/mol. The molecule has 1 aromatic rings. The van der Waals surface area contributed by atoms with Gasteiger partial charge in [-0.25, -0.2) is 0 Å². The van der Waals surface area contributed by atoms with E-state index in [-0.39, 0.29) is 0 Å². The maximum absolute atomic E-state index is 3.60. The third-order valence-electron chi connectivity index (χ3n) is 4.42. The topological polar surface area (TPSA) is 15.3 Å². The summed E-state index contributed by atoms with van der Waals surface area (Å²) in [4.78, 5) is 5.71. The lowest BCUT2D eigenvalue weighted by atomic mass is 9.96. The molecule has 1 aliphatic carbocycles. The van der Waals surface area contributed by atoms with Gasteiger partial charge in [0.2, 0.25) is 0 Å². The van der Waals surface area contributed by atoms with Crippen LogP contribution in [0.5, 0.6) is 0 Å². The van der Waals surface area contributed by atoms with Crippen molar-refractivity contribution in [1.82, 2.24) is 10.2 Å². The van der Waals surface area contributed by atoms with Crippen molar-refractivity contribution >= 4 is 11.3 Å². The van der Waals surface area contributed by atoms with Gasteiger partial charge in [-0.15, -0.1) is 11.3 Å². The van der Waals surface area contributed by atoms with Gasteiger partial charge in [0.25, 0.3) is 0 Å². The highest BCUT2D eigenvalue weighted by atomic mass is 32.1. The molecule has 0 spiro atoms. The lowest BCUT2D eigenvalue weighted by molar-refractivity contribution is 0.166. The summed E-state index contributed by atoms with van der Waals surface area (Å²) in [6.45, 7) is 7.19. The minimum atomic E-state index is 0.818. The highest BCUT2D eigenvalue weighted by Gasteiger charge is 2.21. The molecule has 2 aliphatic rings. The monoisotopic (exact) mass is 278 g/mol. The van der Waals surface area contributed by atoms with Crippen LogP contribution in [0.15, 0.2) is 12.1 Å². The van der Waals surface area contributed by atoms with Crippen LogP contribution < -0.4 is 5.32 Å². The first kappa shape index (κ1) is 13.6. The van der Waals surface area contributed by atoms with Crippen molar-refractivity contribution in [3.8, 4) is 0 Å². The molecule has 1 atom stereocenters. The second-order valence-corrected chi connectivity index (χ2v) is 7.43. The van der Waals surface area contributed by atoms with Gasteiger partial charge in [0, 0.05) is 35.4 Å². The van der Waals surface area contributed by atoms with E-state index >= 15 is 0 Å². The van der Waals surface area contributed by atoms with Crippen LogP contribution in [0.3, 0.4) is 0 Å². The highest BCUT2D eigenvalue weighted by Crippen LogP contribution is 2.25. The molecule has 0 aromatic carbocycles. The van der Waals surface area contributed by atoms with E-state index in [9.17, 15) is 0 Å². The zero-order chi connectivity index (χ0) is 13.1. The molecule has 2 fully saturated rings. The van der Waals surface area contributed by atoms with Crippen molar-refractivity contribution in [2.45, 2.75) is 58.2 Å². The molecule has 1 N–H and O–H groups in total. The van der Waals surface area contributed by atoms with Crippen LogP contribution in [0.2, 0.25) is 0 Å². The van der Waals surface area contributed by atoms with Crippen LogP contribution in [0.1, 0.15) is 48.8 Å². The predicted octanol–water partition coefficient (Wildman–Crippen LogP) is 3.62. The van der Waals surface area contributed by atoms with Crippen LogP contribution >= 0.6 is 11.3 Å². The minimum absolute atomic E-state index is 0.818. The molecule has 2 nitrogen and oxygen atoms in total. The molecule has 3 heteroatoms. The van der Waals surface area contributed by atoms with E-state index in [0.717, 1.165) is 18.5 Å². The SMILES string of the molecule is CCC1CCCN(Cc2ccc(CNC3CC3)s2)C1. The molecule has 1 unspecified atom stereocenters. The minimum Gasteiger partial charge on any atom is -0.309 e. The molecule has 0 amide bonds. The summed E-state index contributed by atoms with van der Waals surface area (Å²) in [6, 6.07) is 5.47. The zero-order valence-corrected chi connectivity index (χ0v) is 12.8. The summed E-state index contributed by atoms with van der Waals surface area (Å²) in [6.07, 6.45) is 6.93. The van der Waals surface area contributed by atoms with Gasteiger partial charge < -0.3 is 5.32 Å². The molecular weight excluding hydrogens is 252 g/mol. The Bertz CT molecular complexity index is 397. The average molecular weight is 278 g/mol. The van der Waals surface area contributed by atoms with Crippen LogP contribution in [-0.4, -0.2) is 24.0 Å². The Morgan fingerprint density at radius 2 is 2.11 bits per heavy atom. The Morgan fingerprint density at radius 3 is 2.89 bits per heavy atom. The Morgan fingerprint density at radius 1 is 1.26 bits per heavy atom. The van der Waals surface area contributed by atoms with E-state index in [1.54, 1.807) is 4.88 Å². The van der Waals surface area contributed by atoms with Crippen molar-refractivity contribution in [1.29, 1.82) is 0 Å². The molecule has 2 heterocycles. The van der Waals surface area contributed by atoms with Crippen LogP contribution in [-0.2, 0) is 13.1 Å². The van der Waals surface area contributed by atoms with Crippen molar-refractivity contribution in [2.24, 2.45) is 5.92 Å². The number of rotatable bonds is 6. The Labute approximate surface area is 121 Å². The smallest absolute Gasteiger partial charge is 0.0328 e. The highest BCUT2D eigenvalue weighted by molar-refractivity contribution is 7.11. The van der Waals surface area contributed by atoms with Gasteiger partial charge in [-0.3, -0.25) is 4.90 Å². The van der Waals surface area contributed by atoms with Crippen LogP contribution in [0.25, 0.3) is 0 Å². The standard InChI is InChI=1S/C16H26N2S/c1-2-13-4-3-9-18(11-13)12-16-8-7-15(19-16)10-17-14-5-6-14/h7-8,13-14,17H,2-6,9-12H2,1H3. The van der Waals surface area contributed by atoms with Gasteiger partial charge in [0.05, 0.1) is 0 Å². The lowest BCUT2D eigenvalue weighted by Gasteiger charge is -2.31. The molecule has 1 saturated heterocycles. The molecule has 3 rings (SSSR count). The molecule has 0 bridgehead atoms. The van der Waals surface area contributed by atoms with E-state index in [0.29, 0.717) is 0 Å². The molecule has 1 aliphatic heterocycles. The second-order valence-electron chi connectivity index (χ2n) is 6.17. The maximum atomic E-state index is 3.60. The number of hydrogen-bond donors (Lipinski definition) is 1. The largest absolute Gasteiger partial charge is 0.309 e. The molecule has 106 valence electrons. The van der Waals surface area contributed by atoms with Crippen molar-refractivity contribution in [3.63, 3.8) is 0 Å². The quantitative estimate of drug-likeness (QED) is 0.855. The molecular formula is C16H26N2S. The summed E-state index contributed by atoms with van der Waals surface area (Å²) < 4.78 is 0. The zero-order valence-electron chi connectivity index (χ0n) is 12.0. The average Bonchev–Trinajstić information content (AvgIpc) is 3.17. The summed E-state index contributed by atoms with van der Waals surface area (Å²) in [5.74, 6) is 0.935. The number of nitrogens with one attached hydrogen (secondary N) is 1. The summed E-state index contributed by atoms with van der Waals surface area (Å²) in [5, 5.41) is 3.60. The second kappa shape index (κ2) is 6.38. The molecule has 0 radical (unpaired) electrons. The fourth-order valence-corrected chi connectivity index (χ4v) is 3.99. The molecule has 1 saturated carbocycles. The van der Waals surface area contributed by atoms with E-state index in [1.807, 2.05) is 11.3 Å². The number of nitrogens with zero attached hydrogens (tertiary/aromatic N) is 1. The Hall–Kier alpha value is -0.380. The number of hydrogen-bond acceptors (Lipinski definition) is 3. The normalized spacial score (nSPS) is 24.8. The van der Waals surface area contributed by atoms with Crippen LogP contribution in [0.4, 0.5) is 0 Å². The first-order chi connectivity index (χ1) is 9.33. The van der Waals surface area contributed by atoms with E-state index in [1.165, 1.54) is 56.6 Å². The van der Waals surface area contributed by atoms with Crippen LogP contribution in [0, 0.1) is 5.92 Å². The summed E-state index contributed by atoms with van der Waals surface area (Å²) >= 11 is 2.00. The van der Waals surface area contributed by atoms with Gasteiger partial charge in [-0.05, 0) is 50.3 Å². The third kappa shape index (κ3) is 4.04. The third-order valence-corrected chi connectivity index (χ3v) is 5.49. The van der Waals surface area contributed by atoms with Gasteiger partial charge in [0.15, 0.2) is 0 Å². The fraction of sp³-hybridized carbons (Fsp3) is 0.750.